The Hall–Kier alpha value is -4.10. The van der Waals surface area contributed by atoms with E-state index in [2.05, 4.69) is 4.98 Å². The minimum absolute atomic E-state index is 0.0568. The molecule has 0 aliphatic carbocycles. The first-order valence-corrected chi connectivity index (χ1v) is 8.96. The van der Waals surface area contributed by atoms with Crippen molar-refractivity contribution >= 4 is 34.4 Å². The van der Waals surface area contributed by atoms with E-state index in [0.29, 0.717) is 21.8 Å². The van der Waals surface area contributed by atoms with Crippen LogP contribution in [0.3, 0.4) is 0 Å². The summed E-state index contributed by atoms with van der Waals surface area (Å²) in [4.78, 5) is 25.5. The molecule has 10 heteroatoms. The van der Waals surface area contributed by atoms with Gasteiger partial charge < -0.3 is 4.74 Å². The highest BCUT2D eigenvalue weighted by Gasteiger charge is 2.16. The molecule has 0 aliphatic rings. The van der Waals surface area contributed by atoms with Crippen molar-refractivity contribution in [2.45, 2.75) is 0 Å². The molecule has 0 saturated carbocycles. The third-order valence-electron chi connectivity index (χ3n) is 3.92. The minimum Gasteiger partial charge on any atom is -0.490 e. The van der Waals surface area contributed by atoms with Crippen molar-refractivity contribution in [3.8, 4) is 23.1 Å². The molecule has 29 heavy (non-hydrogen) atoms. The highest BCUT2D eigenvalue weighted by Crippen LogP contribution is 2.31. The molecule has 0 atom stereocenters. The summed E-state index contributed by atoms with van der Waals surface area (Å²) in [6, 6.07) is 12.4. The van der Waals surface area contributed by atoms with Crippen LogP contribution >= 0.6 is 11.3 Å². The van der Waals surface area contributed by atoms with Crippen LogP contribution in [0.1, 0.15) is 10.6 Å². The van der Waals surface area contributed by atoms with Crippen LogP contribution in [-0.2, 0) is 0 Å². The van der Waals surface area contributed by atoms with Gasteiger partial charge in [-0.2, -0.15) is 5.26 Å². The fourth-order valence-corrected chi connectivity index (χ4v) is 3.35. The van der Waals surface area contributed by atoms with Crippen molar-refractivity contribution in [1.82, 2.24) is 4.98 Å². The molecule has 0 aliphatic heterocycles. The number of rotatable bonds is 6. The Kier molecular flexibility index (Phi) is 5.61. The summed E-state index contributed by atoms with van der Waals surface area (Å²) in [7, 11) is 1.34. The molecular formula is C19H12N4O5S. The summed E-state index contributed by atoms with van der Waals surface area (Å²) in [5.74, 6) is 0.118. The van der Waals surface area contributed by atoms with Gasteiger partial charge in [-0.15, -0.1) is 11.3 Å². The van der Waals surface area contributed by atoms with Crippen molar-refractivity contribution in [2.24, 2.45) is 0 Å². The van der Waals surface area contributed by atoms with Crippen molar-refractivity contribution < 1.29 is 14.6 Å². The topological polar surface area (TPSA) is 132 Å². The van der Waals surface area contributed by atoms with Crippen molar-refractivity contribution in [3.63, 3.8) is 0 Å². The number of non-ortho nitro benzene ring substituents is 1. The zero-order chi connectivity index (χ0) is 21.0. The molecule has 1 aromatic heterocycles. The SMILES string of the molecule is COc1ccc(C=C(C#N)c2nc(-c3cccc([N+](=O)[O-])c3)cs2)cc1[N+](=O)[O-]. The number of benzene rings is 2. The number of ether oxygens (including phenoxy) is 1. The number of nitro groups is 2. The monoisotopic (exact) mass is 408 g/mol. The van der Waals surface area contributed by atoms with E-state index in [1.807, 2.05) is 6.07 Å². The molecule has 0 spiro atoms. The van der Waals surface area contributed by atoms with Gasteiger partial charge in [0.2, 0.25) is 0 Å². The van der Waals surface area contributed by atoms with Crippen LogP contribution in [-0.4, -0.2) is 21.9 Å². The normalized spacial score (nSPS) is 11.0. The Labute approximate surface area is 168 Å². The van der Waals surface area contributed by atoms with Gasteiger partial charge in [0.15, 0.2) is 5.75 Å². The molecule has 2 aromatic carbocycles. The van der Waals surface area contributed by atoms with Crippen LogP contribution < -0.4 is 4.74 Å². The Morgan fingerprint density at radius 1 is 1.21 bits per heavy atom. The number of thiazole rings is 1. The average molecular weight is 408 g/mol. The number of hydrogen-bond donors (Lipinski definition) is 0. The molecule has 1 heterocycles. The van der Waals surface area contributed by atoms with Gasteiger partial charge in [0, 0.05) is 29.1 Å². The first-order valence-electron chi connectivity index (χ1n) is 8.08. The van der Waals surface area contributed by atoms with E-state index in [4.69, 9.17) is 4.74 Å². The maximum Gasteiger partial charge on any atom is 0.311 e. The summed E-state index contributed by atoms with van der Waals surface area (Å²) in [6.07, 6.45) is 1.49. The fourth-order valence-electron chi connectivity index (χ4n) is 2.56. The molecule has 9 nitrogen and oxygen atoms in total. The van der Waals surface area contributed by atoms with Gasteiger partial charge in [-0.1, -0.05) is 18.2 Å². The summed E-state index contributed by atoms with van der Waals surface area (Å²) in [5.41, 5.74) is 1.44. The summed E-state index contributed by atoms with van der Waals surface area (Å²) in [5, 5.41) is 33.7. The summed E-state index contributed by atoms with van der Waals surface area (Å²) < 4.78 is 4.97. The molecule has 0 radical (unpaired) electrons. The predicted octanol–water partition coefficient (Wildman–Crippen LogP) is 4.70. The predicted molar refractivity (Wildman–Crippen MR) is 107 cm³/mol. The highest BCUT2D eigenvalue weighted by molar-refractivity contribution is 7.11. The average Bonchev–Trinajstić information content (AvgIpc) is 3.22. The molecule has 0 saturated heterocycles. The van der Waals surface area contributed by atoms with Gasteiger partial charge in [0.25, 0.3) is 5.69 Å². The molecular weight excluding hydrogens is 396 g/mol. The zero-order valence-electron chi connectivity index (χ0n) is 14.9. The second-order valence-electron chi connectivity index (χ2n) is 5.70. The lowest BCUT2D eigenvalue weighted by Crippen LogP contribution is -1.94. The van der Waals surface area contributed by atoms with Crippen LogP contribution in [0.5, 0.6) is 5.75 Å². The minimum atomic E-state index is -0.563. The maximum atomic E-state index is 11.2. The molecule has 3 rings (SSSR count). The van der Waals surface area contributed by atoms with Crippen molar-refractivity contribution in [3.05, 3.63) is 78.6 Å². The second kappa shape index (κ2) is 8.28. The number of nitrogens with zero attached hydrogens (tertiary/aromatic N) is 4. The van der Waals surface area contributed by atoms with E-state index in [9.17, 15) is 25.5 Å². The standard InChI is InChI=1S/C19H12N4O5S/c1-28-18-6-5-12(8-17(18)23(26)27)7-14(10-20)19-21-16(11-29-19)13-3-2-4-15(9-13)22(24)25/h2-9,11H,1H3. The van der Waals surface area contributed by atoms with Gasteiger partial charge in [-0.05, 0) is 17.7 Å². The number of methoxy groups -OCH3 is 1. The number of hydrogen-bond acceptors (Lipinski definition) is 8. The number of aromatic nitrogens is 1. The van der Waals surface area contributed by atoms with Crippen LogP contribution in [0.15, 0.2) is 47.8 Å². The fraction of sp³-hybridized carbons (Fsp3) is 0.0526. The number of allylic oxidation sites excluding steroid dienone is 1. The van der Waals surface area contributed by atoms with Crippen molar-refractivity contribution in [2.75, 3.05) is 7.11 Å². The van der Waals surface area contributed by atoms with Gasteiger partial charge in [-0.3, -0.25) is 20.2 Å². The zero-order valence-corrected chi connectivity index (χ0v) is 15.8. The quantitative estimate of drug-likeness (QED) is 0.328. The summed E-state index contributed by atoms with van der Waals surface area (Å²) in [6.45, 7) is 0. The van der Waals surface area contributed by atoms with Crippen LogP contribution in [0.4, 0.5) is 11.4 Å². The largest absolute Gasteiger partial charge is 0.490 e. The lowest BCUT2D eigenvalue weighted by molar-refractivity contribution is -0.385. The molecule has 0 unspecified atom stereocenters. The highest BCUT2D eigenvalue weighted by atomic mass is 32.1. The molecule has 0 bridgehead atoms. The Balaban J connectivity index is 1.97. The van der Waals surface area contributed by atoms with Gasteiger partial charge >= 0.3 is 5.69 Å². The third-order valence-corrected chi connectivity index (χ3v) is 4.79. The van der Waals surface area contributed by atoms with E-state index >= 15 is 0 Å². The number of nitriles is 1. The van der Waals surface area contributed by atoms with Crippen LogP contribution in [0, 0.1) is 31.6 Å². The molecule has 0 amide bonds. The van der Waals surface area contributed by atoms with E-state index < -0.39 is 9.85 Å². The Morgan fingerprint density at radius 2 is 2.00 bits per heavy atom. The first kappa shape index (κ1) is 19.7. The van der Waals surface area contributed by atoms with E-state index in [1.165, 1.54) is 48.8 Å². The van der Waals surface area contributed by atoms with Crippen molar-refractivity contribution in [1.29, 1.82) is 5.26 Å². The first-order chi connectivity index (χ1) is 13.9. The smallest absolute Gasteiger partial charge is 0.311 e. The molecule has 0 N–H and O–H groups in total. The van der Waals surface area contributed by atoms with Gasteiger partial charge in [0.1, 0.15) is 11.1 Å². The van der Waals surface area contributed by atoms with Crippen LogP contribution in [0.2, 0.25) is 0 Å². The Morgan fingerprint density at radius 3 is 2.66 bits per heavy atom. The number of nitro benzene ring substituents is 2. The van der Waals surface area contributed by atoms with Gasteiger partial charge in [0.05, 0.1) is 28.2 Å². The Bertz CT molecular complexity index is 1180. The lowest BCUT2D eigenvalue weighted by atomic mass is 10.1. The lowest BCUT2D eigenvalue weighted by Gasteiger charge is -2.02. The van der Waals surface area contributed by atoms with Crippen LogP contribution in [0.25, 0.3) is 22.9 Å². The second-order valence-corrected chi connectivity index (χ2v) is 6.56. The van der Waals surface area contributed by atoms with E-state index in [-0.39, 0.29) is 22.7 Å². The third kappa shape index (κ3) is 4.26. The van der Waals surface area contributed by atoms with E-state index in [0.717, 1.165) is 0 Å². The molecule has 3 aromatic rings. The summed E-state index contributed by atoms with van der Waals surface area (Å²) >= 11 is 1.20. The molecule has 0 fully saturated rings. The van der Waals surface area contributed by atoms with Gasteiger partial charge in [-0.25, -0.2) is 4.98 Å². The maximum absolute atomic E-state index is 11.2. The molecule has 144 valence electrons. The van der Waals surface area contributed by atoms with E-state index in [1.54, 1.807) is 23.6 Å².